The number of hydrogen-bond donors (Lipinski definition) is 1. The topological polar surface area (TPSA) is 49.8 Å². The first-order valence-corrected chi connectivity index (χ1v) is 11.1. The molecule has 2 aromatic carbocycles. The summed E-state index contributed by atoms with van der Waals surface area (Å²) in [7, 11) is 0. The van der Waals surface area contributed by atoms with Crippen LogP contribution >= 0.6 is 0 Å². The number of benzene rings is 2. The zero-order valence-electron chi connectivity index (χ0n) is 18.0. The summed E-state index contributed by atoms with van der Waals surface area (Å²) in [6.45, 7) is 3.65. The number of carbonyl (C=O) groups is 1. The first-order valence-electron chi connectivity index (χ1n) is 11.1. The smallest absolute Gasteiger partial charge is 0.416 e. The van der Waals surface area contributed by atoms with Crippen LogP contribution in [0, 0.1) is 11.8 Å². The van der Waals surface area contributed by atoms with Gasteiger partial charge in [-0.3, -0.25) is 9.69 Å². The number of alkyl halides is 3. The molecule has 2 aliphatic rings. The van der Waals surface area contributed by atoms with E-state index in [2.05, 4.69) is 0 Å². The van der Waals surface area contributed by atoms with Gasteiger partial charge in [0.15, 0.2) is 0 Å². The van der Waals surface area contributed by atoms with Crippen molar-refractivity contribution >= 4 is 5.97 Å². The van der Waals surface area contributed by atoms with Crippen molar-refractivity contribution in [1.82, 2.24) is 4.90 Å². The minimum Gasteiger partial charge on any atom is -0.493 e. The van der Waals surface area contributed by atoms with Gasteiger partial charge in [-0.2, -0.15) is 13.2 Å². The molecule has 7 heteroatoms. The van der Waals surface area contributed by atoms with Crippen LogP contribution in [0.25, 0.3) is 0 Å². The highest BCUT2D eigenvalue weighted by molar-refractivity contribution is 5.68. The number of rotatable bonds is 9. The van der Waals surface area contributed by atoms with Crippen molar-refractivity contribution in [2.45, 2.75) is 44.3 Å². The Bertz CT molecular complexity index is 951. The number of hydrogen-bond acceptors (Lipinski definition) is 3. The van der Waals surface area contributed by atoms with E-state index in [4.69, 9.17) is 4.74 Å². The lowest BCUT2D eigenvalue weighted by Gasteiger charge is -2.43. The minimum absolute atomic E-state index is 0.0183. The van der Waals surface area contributed by atoms with Crippen LogP contribution < -0.4 is 4.74 Å². The maximum absolute atomic E-state index is 13.3. The van der Waals surface area contributed by atoms with Crippen LogP contribution in [-0.4, -0.2) is 35.7 Å². The summed E-state index contributed by atoms with van der Waals surface area (Å²) in [5.74, 6) is 0.626. The molecule has 1 aliphatic heterocycles. The third-order valence-corrected chi connectivity index (χ3v) is 6.61. The van der Waals surface area contributed by atoms with E-state index in [1.807, 2.05) is 36.1 Å². The van der Waals surface area contributed by atoms with Crippen molar-refractivity contribution < 1.29 is 27.8 Å². The summed E-state index contributed by atoms with van der Waals surface area (Å²) in [5, 5.41) is 9.22. The Morgan fingerprint density at radius 3 is 2.53 bits per heavy atom. The van der Waals surface area contributed by atoms with E-state index in [-0.39, 0.29) is 24.3 Å². The lowest BCUT2D eigenvalue weighted by molar-refractivity contribution is -0.139. The fraction of sp³-hybridized carbons (Fsp3) is 0.480. The van der Waals surface area contributed by atoms with Crippen molar-refractivity contribution in [3.8, 4) is 5.75 Å². The number of carboxylic acid groups (broad SMARTS) is 1. The molecule has 4 nitrogen and oxygen atoms in total. The lowest BCUT2D eigenvalue weighted by atomic mass is 9.91. The second-order valence-corrected chi connectivity index (χ2v) is 9.01. The molecule has 1 N–H and O–H groups in total. The zero-order valence-corrected chi connectivity index (χ0v) is 18.0. The fourth-order valence-corrected chi connectivity index (χ4v) is 4.64. The van der Waals surface area contributed by atoms with E-state index in [0.29, 0.717) is 36.9 Å². The van der Waals surface area contributed by atoms with Crippen molar-refractivity contribution in [2.24, 2.45) is 11.8 Å². The largest absolute Gasteiger partial charge is 0.493 e. The number of aliphatic carboxylic acids is 1. The Morgan fingerprint density at radius 1 is 1.16 bits per heavy atom. The van der Waals surface area contributed by atoms with Gasteiger partial charge in [-0.15, -0.1) is 0 Å². The van der Waals surface area contributed by atoms with Gasteiger partial charge in [0.25, 0.3) is 0 Å². The van der Waals surface area contributed by atoms with Crippen LogP contribution in [0.1, 0.15) is 54.8 Å². The molecule has 0 spiro atoms. The first-order chi connectivity index (χ1) is 15.2. The highest BCUT2D eigenvalue weighted by Crippen LogP contribution is 2.45. The molecule has 32 heavy (non-hydrogen) atoms. The standard InChI is InChI=1S/C25H28F3NO3/c1-16(21-7-2-3-8-23(21)25(26,27)28)29-13-17(14-29)15-32-20-6-4-5-19(11-20)22(12-24(30)31)18-9-10-18/h2-8,11,16-18,22H,9-10,12-15H2,1H3,(H,30,31)/t16?,22-/m0/s1. The quantitative estimate of drug-likeness (QED) is 0.532. The highest BCUT2D eigenvalue weighted by Gasteiger charge is 2.38. The molecule has 4 rings (SSSR count). The summed E-state index contributed by atoms with van der Waals surface area (Å²) in [5.41, 5.74) is 0.729. The van der Waals surface area contributed by atoms with Crippen molar-refractivity contribution in [2.75, 3.05) is 19.7 Å². The molecule has 1 saturated heterocycles. The van der Waals surface area contributed by atoms with Crippen LogP contribution in [0.5, 0.6) is 5.75 Å². The van der Waals surface area contributed by atoms with Crippen LogP contribution in [-0.2, 0) is 11.0 Å². The molecule has 1 heterocycles. The first kappa shape index (κ1) is 22.6. The molecule has 0 bridgehead atoms. The molecule has 1 unspecified atom stereocenters. The number of likely N-dealkylation sites (tertiary alicyclic amines) is 1. The van der Waals surface area contributed by atoms with Crippen molar-refractivity contribution in [3.63, 3.8) is 0 Å². The van der Waals surface area contributed by atoms with E-state index in [1.54, 1.807) is 12.1 Å². The number of nitrogens with zero attached hydrogens (tertiary/aromatic N) is 1. The lowest BCUT2D eigenvalue weighted by Crippen LogP contribution is -2.50. The molecular formula is C25H28F3NO3. The SMILES string of the molecule is CC(c1ccccc1C(F)(F)F)N1CC(COc2cccc([C@@H](CC(=O)O)C3CC3)c2)C1. The molecule has 0 radical (unpaired) electrons. The van der Waals surface area contributed by atoms with Gasteiger partial charge in [-0.05, 0) is 60.9 Å². The predicted octanol–water partition coefficient (Wildman–Crippen LogP) is 5.75. The van der Waals surface area contributed by atoms with Crippen LogP contribution in [0.4, 0.5) is 13.2 Å². The second-order valence-electron chi connectivity index (χ2n) is 9.01. The Hall–Kier alpha value is -2.54. The van der Waals surface area contributed by atoms with Gasteiger partial charge in [0.05, 0.1) is 18.6 Å². The molecule has 2 aromatic rings. The average Bonchev–Trinajstić information content (AvgIpc) is 3.55. The average molecular weight is 447 g/mol. The molecule has 2 atom stereocenters. The molecule has 0 amide bonds. The minimum atomic E-state index is -4.36. The number of carboxylic acids is 1. The second kappa shape index (κ2) is 9.14. The van der Waals surface area contributed by atoms with E-state index in [1.165, 1.54) is 6.07 Å². The summed E-state index contributed by atoms with van der Waals surface area (Å²) in [6.07, 6.45) is -2.10. The van der Waals surface area contributed by atoms with E-state index in [9.17, 15) is 23.1 Å². The van der Waals surface area contributed by atoms with Gasteiger partial charge in [0.2, 0.25) is 0 Å². The van der Waals surface area contributed by atoms with Crippen LogP contribution in [0.2, 0.25) is 0 Å². The van der Waals surface area contributed by atoms with Crippen molar-refractivity contribution in [1.29, 1.82) is 0 Å². The van der Waals surface area contributed by atoms with Gasteiger partial charge in [-0.25, -0.2) is 0 Å². The van der Waals surface area contributed by atoms with Gasteiger partial charge in [0.1, 0.15) is 5.75 Å². The molecule has 1 aliphatic carbocycles. The maximum atomic E-state index is 13.3. The highest BCUT2D eigenvalue weighted by atomic mass is 19.4. The van der Waals surface area contributed by atoms with Gasteiger partial charge >= 0.3 is 12.1 Å². The monoisotopic (exact) mass is 447 g/mol. The molecule has 172 valence electrons. The molecule has 0 aromatic heterocycles. The Kier molecular flexibility index (Phi) is 6.47. The maximum Gasteiger partial charge on any atom is 0.416 e. The third-order valence-electron chi connectivity index (χ3n) is 6.61. The van der Waals surface area contributed by atoms with Gasteiger partial charge in [0, 0.05) is 25.0 Å². The van der Waals surface area contributed by atoms with E-state index < -0.39 is 17.7 Å². The summed E-state index contributed by atoms with van der Waals surface area (Å²) in [4.78, 5) is 13.3. The number of ether oxygens (including phenoxy) is 1. The Morgan fingerprint density at radius 2 is 1.88 bits per heavy atom. The van der Waals surface area contributed by atoms with E-state index >= 15 is 0 Å². The fourth-order valence-electron chi connectivity index (χ4n) is 4.64. The third kappa shape index (κ3) is 5.26. The molecular weight excluding hydrogens is 419 g/mol. The molecule has 2 fully saturated rings. The zero-order chi connectivity index (χ0) is 22.9. The van der Waals surface area contributed by atoms with Crippen LogP contribution in [0.3, 0.4) is 0 Å². The van der Waals surface area contributed by atoms with E-state index in [0.717, 1.165) is 24.5 Å². The summed E-state index contributed by atoms with van der Waals surface area (Å²) >= 11 is 0. The predicted molar refractivity (Wildman–Crippen MR) is 115 cm³/mol. The van der Waals surface area contributed by atoms with Crippen LogP contribution in [0.15, 0.2) is 48.5 Å². The Balaban J connectivity index is 1.32. The summed E-state index contributed by atoms with van der Waals surface area (Å²) in [6, 6.07) is 13.1. The Labute approximate surface area is 186 Å². The summed E-state index contributed by atoms with van der Waals surface area (Å²) < 4.78 is 45.9. The van der Waals surface area contributed by atoms with Crippen molar-refractivity contribution in [3.05, 3.63) is 65.2 Å². The van der Waals surface area contributed by atoms with Gasteiger partial charge < -0.3 is 9.84 Å². The normalized spacial score (nSPS) is 19.2. The molecule has 1 saturated carbocycles. The van der Waals surface area contributed by atoms with Gasteiger partial charge in [-0.1, -0.05) is 30.3 Å². The number of halogens is 3.